The Bertz CT molecular complexity index is 869. The minimum absolute atomic E-state index is 0.0137. The molecule has 6 nitrogen and oxygen atoms in total. The van der Waals surface area contributed by atoms with Gasteiger partial charge < -0.3 is 4.90 Å². The van der Waals surface area contributed by atoms with Crippen LogP contribution < -0.4 is 4.90 Å². The van der Waals surface area contributed by atoms with E-state index in [4.69, 9.17) is 0 Å². The third kappa shape index (κ3) is 2.54. The molecule has 0 aliphatic carbocycles. The second kappa shape index (κ2) is 6.63. The lowest BCUT2D eigenvalue weighted by atomic mass is 9.91. The number of amides is 4. The molecule has 1 aromatic rings. The summed E-state index contributed by atoms with van der Waals surface area (Å²) in [6, 6.07) is 7.03. The van der Waals surface area contributed by atoms with Crippen molar-refractivity contribution < 1.29 is 14.4 Å². The minimum Gasteiger partial charge on any atom is -0.341 e. The van der Waals surface area contributed by atoms with Crippen molar-refractivity contribution in [2.45, 2.75) is 13.8 Å². The van der Waals surface area contributed by atoms with Gasteiger partial charge in [0, 0.05) is 43.2 Å². The molecule has 0 unspecified atom stereocenters. The third-order valence-electron chi connectivity index (χ3n) is 4.62. The molecule has 2 aliphatic rings. The Balaban J connectivity index is 2.32. The van der Waals surface area contributed by atoms with E-state index in [9.17, 15) is 14.4 Å². The summed E-state index contributed by atoms with van der Waals surface area (Å²) in [6.45, 7) is 4.71. The number of imide groups is 2. The highest BCUT2D eigenvalue weighted by molar-refractivity contribution is 6.33. The second-order valence-corrected chi connectivity index (χ2v) is 6.13. The van der Waals surface area contributed by atoms with Crippen molar-refractivity contribution in [1.29, 1.82) is 0 Å². The smallest absolute Gasteiger partial charge is 0.333 e. The first kappa shape index (κ1) is 17.7. The number of para-hydroxylation sites is 1. The highest BCUT2D eigenvalue weighted by Crippen LogP contribution is 2.39. The van der Waals surface area contributed by atoms with Gasteiger partial charge in [-0.1, -0.05) is 24.3 Å². The third-order valence-corrected chi connectivity index (χ3v) is 4.62. The molecule has 0 aromatic heterocycles. The van der Waals surface area contributed by atoms with Crippen LogP contribution in [-0.2, 0) is 9.59 Å². The lowest BCUT2D eigenvalue weighted by Gasteiger charge is -2.34. The lowest BCUT2D eigenvalue weighted by molar-refractivity contribution is -0.134. The van der Waals surface area contributed by atoms with Crippen molar-refractivity contribution >= 4 is 29.1 Å². The molecule has 1 aromatic carbocycles. The van der Waals surface area contributed by atoms with Gasteiger partial charge in [-0.05, 0) is 32.1 Å². The van der Waals surface area contributed by atoms with Crippen molar-refractivity contribution in [1.82, 2.24) is 9.80 Å². The van der Waals surface area contributed by atoms with E-state index >= 15 is 0 Å². The van der Waals surface area contributed by atoms with Crippen molar-refractivity contribution in [3.63, 3.8) is 0 Å². The molecule has 0 radical (unpaired) electrons. The van der Waals surface area contributed by atoms with Crippen LogP contribution in [0.15, 0.2) is 53.8 Å². The fraction of sp³-hybridized carbons (Fsp3) is 0.250. The van der Waals surface area contributed by atoms with Gasteiger partial charge in [0.05, 0.1) is 0 Å². The Hall–Kier alpha value is -3.15. The maximum atomic E-state index is 12.8. The maximum Gasteiger partial charge on any atom is 0.333 e. The van der Waals surface area contributed by atoms with Gasteiger partial charge >= 0.3 is 6.03 Å². The normalized spacial score (nSPS) is 18.1. The zero-order chi connectivity index (χ0) is 19.0. The Kier molecular flexibility index (Phi) is 4.50. The van der Waals surface area contributed by atoms with Gasteiger partial charge in [-0.2, -0.15) is 0 Å². The van der Waals surface area contributed by atoms with Gasteiger partial charge in [-0.3, -0.25) is 19.4 Å². The molecular formula is C20H21N3O3. The summed E-state index contributed by atoms with van der Waals surface area (Å²) in [5.74, 6) is -1.16. The molecule has 134 valence electrons. The zero-order valence-electron chi connectivity index (χ0n) is 15.3. The summed E-state index contributed by atoms with van der Waals surface area (Å²) in [5, 5.41) is 0. The van der Waals surface area contributed by atoms with E-state index in [-0.39, 0.29) is 5.57 Å². The molecule has 26 heavy (non-hydrogen) atoms. The lowest BCUT2D eigenvalue weighted by Crippen LogP contribution is -2.53. The van der Waals surface area contributed by atoms with Crippen LogP contribution in [0.5, 0.6) is 0 Å². The van der Waals surface area contributed by atoms with E-state index in [0.29, 0.717) is 5.57 Å². The molecule has 2 heterocycles. The SMILES string of the molecule is C/C=C/C1=CC(=C2C(=O)N(C)C(=O)N(C)C2=O)c2ccccc2N1CC. The van der Waals surface area contributed by atoms with Crippen LogP contribution in [0, 0.1) is 0 Å². The van der Waals surface area contributed by atoms with Gasteiger partial charge in [0.25, 0.3) is 11.8 Å². The number of carbonyl (C=O) groups excluding carboxylic acids is 3. The zero-order valence-corrected chi connectivity index (χ0v) is 15.3. The van der Waals surface area contributed by atoms with Crippen LogP contribution in [-0.4, -0.2) is 48.3 Å². The predicted octanol–water partition coefficient (Wildman–Crippen LogP) is 2.79. The van der Waals surface area contributed by atoms with E-state index < -0.39 is 17.8 Å². The predicted molar refractivity (Wildman–Crippen MR) is 100 cm³/mol. The average molecular weight is 351 g/mol. The Morgan fingerprint density at radius 2 is 1.62 bits per heavy atom. The number of benzene rings is 1. The highest BCUT2D eigenvalue weighted by Gasteiger charge is 2.40. The topological polar surface area (TPSA) is 60.9 Å². The number of barbiturate groups is 1. The first-order valence-electron chi connectivity index (χ1n) is 8.48. The molecule has 0 bridgehead atoms. The number of carbonyl (C=O) groups is 3. The highest BCUT2D eigenvalue weighted by atomic mass is 16.2. The fourth-order valence-corrected chi connectivity index (χ4v) is 3.30. The standard InChI is InChI=1S/C20H21N3O3/c1-5-9-13-12-15(14-10-7-8-11-16(14)23(13)6-2)17-18(24)21(3)20(26)22(4)19(17)25/h5,7-12H,6H2,1-4H3/b9-5+. The summed E-state index contributed by atoms with van der Waals surface area (Å²) in [7, 11) is 2.77. The van der Waals surface area contributed by atoms with Crippen LogP contribution in [0.4, 0.5) is 10.5 Å². The molecule has 0 saturated carbocycles. The number of nitrogens with zero attached hydrogens (tertiary/aromatic N) is 3. The number of urea groups is 1. The molecule has 1 saturated heterocycles. The number of hydrogen-bond acceptors (Lipinski definition) is 4. The van der Waals surface area contributed by atoms with Crippen molar-refractivity contribution in [3.8, 4) is 0 Å². The molecule has 4 amide bonds. The minimum atomic E-state index is -0.624. The molecule has 0 N–H and O–H groups in total. The number of likely N-dealkylation sites (N-methyl/N-ethyl adjacent to an activating group) is 3. The van der Waals surface area contributed by atoms with E-state index in [1.54, 1.807) is 0 Å². The van der Waals surface area contributed by atoms with E-state index in [1.165, 1.54) is 14.1 Å². The Morgan fingerprint density at radius 3 is 2.19 bits per heavy atom. The average Bonchev–Trinajstić information content (AvgIpc) is 2.65. The first-order valence-corrected chi connectivity index (χ1v) is 8.48. The molecule has 3 rings (SSSR count). The monoisotopic (exact) mass is 351 g/mol. The van der Waals surface area contributed by atoms with Gasteiger partial charge in [-0.15, -0.1) is 0 Å². The molecule has 1 fully saturated rings. The van der Waals surface area contributed by atoms with Gasteiger partial charge in [0.15, 0.2) is 0 Å². The summed E-state index contributed by atoms with van der Waals surface area (Å²) in [4.78, 5) is 41.6. The number of rotatable bonds is 2. The van der Waals surface area contributed by atoms with Crippen LogP contribution in [0.3, 0.4) is 0 Å². The summed E-state index contributed by atoms with van der Waals surface area (Å²) in [6.07, 6.45) is 5.70. The fourth-order valence-electron chi connectivity index (χ4n) is 3.30. The van der Waals surface area contributed by atoms with E-state index in [2.05, 4.69) is 4.90 Å². The number of fused-ring (bicyclic) bond motifs is 1. The summed E-state index contributed by atoms with van der Waals surface area (Å²) >= 11 is 0. The number of anilines is 1. The Labute approximate surface area is 152 Å². The van der Waals surface area contributed by atoms with E-state index in [0.717, 1.165) is 33.3 Å². The second-order valence-electron chi connectivity index (χ2n) is 6.13. The quantitative estimate of drug-likeness (QED) is 0.607. The first-order chi connectivity index (χ1) is 12.4. The summed E-state index contributed by atoms with van der Waals surface area (Å²) < 4.78 is 0. The van der Waals surface area contributed by atoms with Gasteiger partial charge in [0.1, 0.15) is 5.57 Å². The van der Waals surface area contributed by atoms with Gasteiger partial charge in [-0.25, -0.2) is 4.79 Å². The molecule has 0 spiro atoms. The van der Waals surface area contributed by atoms with Crippen molar-refractivity contribution in [3.05, 3.63) is 59.3 Å². The number of hydrogen-bond donors (Lipinski definition) is 0. The van der Waals surface area contributed by atoms with Crippen molar-refractivity contribution in [2.24, 2.45) is 0 Å². The molecule has 0 atom stereocenters. The van der Waals surface area contributed by atoms with Crippen LogP contribution in [0.2, 0.25) is 0 Å². The van der Waals surface area contributed by atoms with Crippen LogP contribution >= 0.6 is 0 Å². The molecular weight excluding hydrogens is 330 g/mol. The van der Waals surface area contributed by atoms with E-state index in [1.807, 2.05) is 56.3 Å². The summed E-state index contributed by atoms with van der Waals surface area (Å²) in [5.41, 5.74) is 3.17. The maximum absolute atomic E-state index is 12.8. The largest absolute Gasteiger partial charge is 0.341 e. The Morgan fingerprint density at radius 1 is 1.00 bits per heavy atom. The van der Waals surface area contributed by atoms with Crippen LogP contribution in [0.25, 0.3) is 5.57 Å². The molecule has 6 heteroatoms. The van der Waals surface area contributed by atoms with Crippen molar-refractivity contribution in [2.75, 3.05) is 25.5 Å². The molecule has 2 aliphatic heterocycles. The van der Waals surface area contributed by atoms with Crippen LogP contribution in [0.1, 0.15) is 19.4 Å². The van der Waals surface area contributed by atoms with Gasteiger partial charge in [0.2, 0.25) is 0 Å². The number of allylic oxidation sites excluding steroid dienone is 4.